The minimum atomic E-state index is 0.693. The Bertz CT molecular complexity index is 511. The van der Waals surface area contributed by atoms with Crippen molar-refractivity contribution in [1.82, 2.24) is 0 Å². The molecule has 78 valence electrons. The second kappa shape index (κ2) is 5.26. The Morgan fingerprint density at radius 2 is 1.31 bits per heavy atom. The van der Waals surface area contributed by atoms with Crippen LogP contribution in [0.2, 0.25) is 5.02 Å². The van der Waals surface area contributed by atoms with Gasteiger partial charge in [-0.1, -0.05) is 29.8 Å². The quantitative estimate of drug-likeness (QED) is 0.678. The van der Waals surface area contributed by atoms with Crippen LogP contribution in [0.3, 0.4) is 0 Å². The second-order valence-corrected chi connectivity index (χ2v) is 3.57. The van der Waals surface area contributed by atoms with Crippen molar-refractivity contribution in [2.75, 3.05) is 0 Å². The van der Waals surface area contributed by atoms with E-state index in [2.05, 4.69) is 16.0 Å². The fourth-order valence-electron chi connectivity index (χ4n) is 1.16. The van der Waals surface area contributed by atoms with Gasteiger partial charge in [0.15, 0.2) is 0 Å². The highest BCUT2D eigenvalue weighted by Gasteiger charge is 1.87. The number of nitrogens with zero attached hydrogens (tertiary/aromatic N) is 2. The Kier molecular flexibility index (Phi) is 3.50. The molecule has 2 nitrogen and oxygen atoms in total. The summed E-state index contributed by atoms with van der Waals surface area (Å²) in [5, 5.41) is 0.693. The third-order valence-corrected chi connectivity index (χ3v) is 2.19. The molecule has 0 N–H and O–H groups in total. The van der Waals surface area contributed by atoms with Crippen LogP contribution in [0.5, 0.6) is 0 Å². The SMILES string of the molecule is Clc1ccc(N=C=Nc2ccccc2)cc1. The van der Waals surface area contributed by atoms with Crippen LogP contribution in [0, 0.1) is 0 Å². The lowest BCUT2D eigenvalue weighted by molar-refractivity contribution is 1.49. The highest BCUT2D eigenvalue weighted by Crippen LogP contribution is 2.15. The number of hydrogen-bond donors (Lipinski definition) is 0. The van der Waals surface area contributed by atoms with E-state index in [4.69, 9.17) is 11.6 Å². The fraction of sp³-hybridized carbons (Fsp3) is 0. The summed E-state index contributed by atoms with van der Waals surface area (Å²) in [6.07, 6.45) is 0. The minimum Gasteiger partial charge on any atom is -0.188 e. The molecule has 0 unspecified atom stereocenters. The maximum Gasteiger partial charge on any atom is 0.100 e. The van der Waals surface area contributed by atoms with Crippen LogP contribution in [-0.4, -0.2) is 6.01 Å². The highest BCUT2D eigenvalue weighted by atomic mass is 35.5. The predicted molar refractivity (Wildman–Crippen MR) is 67.1 cm³/mol. The number of hydrogen-bond acceptors (Lipinski definition) is 2. The predicted octanol–water partition coefficient (Wildman–Crippen LogP) is 4.48. The molecule has 2 aromatic carbocycles. The first-order valence-corrected chi connectivity index (χ1v) is 5.19. The normalized spacial score (nSPS) is 9.31. The molecule has 0 atom stereocenters. The van der Waals surface area contributed by atoms with Gasteiger partial charge in [0.25, 0.3) is 0 Å². The monoisotopic (exact) mass is 228 g/mol. The molecular formula is C13H9ClN2. The molecule has 0 aromatic heterocycles. The summed E-state index contributed by atoms with van der Waals surface area (Å²) in [4.78, 5) is 8.14. The second-order valence-electron chi connectivity index (χ2n) is 3.14. The zero-order valence-corrected chi connectivity index (χ0v) is 9.22. The van der Waals surface area contributed by atoms with Gasteiger partial charge < -0.3 is 0 Å². The lowest BCUT2D eigenvalue weighted by Gasteiger charge is -1.90. The van der Waals surface area contributed by atoms with Gasteiger partial charge in [-0.3, -0.25) is 0 Å². The van der Waals surface area contributed by atoms with Crippen molar-refractivity contribution in [2.45, 2.75) is 0 Å². The molecule has 0 aliphatic carbocycles. The number of halogens is 1. The molecule has 0 heterocycles. The van der Waals surface area contributed by atoms with E-state index in [0.29, 0.717) is 5.02 Å². The third kappa shape index (κ3) is 3.06. The topological polar surface area (TPSA) is 24.7 Å². The Labute approximate surface area is 98.9 Å². The van der Waals surface area contributed by atoms with E-state index in [1.165, 1.54) is 0 Å². The van der Waals surface area contributed by atoms with Crippen LogP contribution in [-0.2, 0) is 0 Å². The van der Waals surface area contributed by atoms with Crippen LogP contribution in [0.1, 0.15) is 0 Å². The molecule has 0 saturated heterocycles. The molecule has 0 aliphatic heterocycles. The molecule has 2 rings (SSSR count). The molecule has 3 heteroatoms. The van der Waals surface area contributed by atoms with Gasteiger partial charge in [0.05, 0.1) is 11.4 Å². The summed E-state index contributed by atoms with van der Waals surface area (Å²) < 4.78 is 0. The maximum absolute atomic E-state index is 5.76. The van der Waals surface area contributed by atoms with Gasteiger partial charge in [-0.15, -0.1) is 0 Å². The number of benzene rings is 2. The van der Waals surface area contributed by atoms with E-state index in [-0.39, 0.29) is 0 Å². The zero-order chi connectivity index (χ0) is 11.2. The summed E-state index contributed by atoms with van der Waals surface area (Å²) >= 11 is 5.76. The van der Waals surface area contributed by atoms with Crippen LogP contribution in [0.15, 0.2) is 64.6 Å². The van der Waals surface area contributed by atoms with Crippen molar-refractivity contribution >= 4 is 29.0 Å². The third-order valence-electron chi connectivity index (χ3n) is 1.94. The summed E-state index contributed by atoms with van der Waals surface area (Å²) in [5.74, 6) is 0. The summed E-state index contributed by atoms with van der Waals surface area (Å²) in [6.45, 7) is 0. The van der Waals surface area contributed by atoms with Crippen molar-refractivity contribution < 1.29 is 0 Å². The van der Waals surface area contributed by atoms with E-state index in [0.717, 1.165) is 11.4 Å². The van der Waals surface area contributed by atoms with Gasteiger partial charge in [0.2, 0.25) is 0 Å². The van der Waals surface area contributed by atoms with Crippen molar-refractivity contribution in [1.29, 1.82) is 0 Å². The lowest BCUT2D eigenvalue weighted by Crippen LogP contribution is -1.65. The van der Waals surface area contributed by atoms with Gasteiger partial charge in [0, 0.05) is 5.02 Å². The highest BCUT2D eigenvalue weighted by molar-refractivity contribution is 6.30. The molecular weight excluding hydrogens is 220 g/mol. The molecule has 0 radical (unpaired) electrons. The molecule has 2 aromatic rings. The molecule has 0 fully saturated rings. The summed E-state index contributed by atoms with van der Waals surface area (Å²) in [7, 11) is 0. The van der Waals surface area contributed by atoms with Crippen LogP contribution in [0.4, 0.5) is 11.4 Å². The molecule has 16 heavy (non-hydrogen) atoms. The summed E-state index contributed by atoms with van der Waals surface area (Å²) in [5.41, 5.74) is 1.62. The largest absolute Gasteiger partial charge is 0.188 e. The van der Waals surface area contributed by atoms with Gasteiger partial charge in [-0.2, -0.15) is 9.98 Å². The first-order chi connectivity index (χ1) is 7.84. The van der Waals surface area contributed by atoms with E-state index >= 15 is 0 Å². The van der Waals surface area contributed by atoms with Crippen molar-refractivity contribution in [2.24, 2.45) is 9.98 Å². The smallest absolute Gasteiger partial charge is 0.100 e. The van der Waals surface area contributed by atoms with Crippen LogP contribution in [0.25, 0.3) is 0 Å². The van der Waals surface area contributed by atoms with Crippen molar-refractivity contribution in [3.63, 3.8) is 0 Å². The number of rotatable bonds is 2. The molecule has 0 aliphatic rings. The Morgan fingerprint density at radius 3 is 1.94 bits per heavy atom. The van der Waals surface area contributed by atoms with Crippen molar-refractivity contribution in [3.8, 4) is 0 Å². The van der Waals surface area contributed by atoms with Crippen LogP contribution >= 0.6 is 11.6 Å². The Morgan fingerprint density at radius 1 is 0.750 bits per heavy atom. The molecule has 0 spiro atoms. The first kappa shape index (κ1) is 10.6. The van der Waals surface area contributed by atoms with Gasteiger partial charge in [0.1, 0.15) is 6.01 Å². The lowest BCUT2D eigenvalue weighted by atomic mass is 10.3. The maximum atomic E-state index is 5.76. The number of aliphatic imine (C=N–C) groups is 2. The van der Waals surface area contributed by atoms with E-state index in [1.54, 1.807) is 12.1 Å². The Balaban J connectivity index is 2.15. The minimum absolute atomic E-state index is 0.693. The summed E-state index contributed by atoms with van der Waals surface area (Å²) in [6, 6.07) is 19.4. The average molecular weight is 229 g/mol. The van der Waals surface area contributed by atoms with Crippen molar-refractivity contribution in [3.05, 3.63) is 59.6 Å². The van der Waals surface area contributed by atoms with Crippen LogP contribution < -0.4 is 0 Å². The standard InChI is InChI=1S/C13H9ClN2/c14-11-6-8-13(9-7-11)16-10-15-12-4-2-1-3-5-12/h1-9H. The Hall–Kier alpha value is -1.89. The zero-order valence-electron chi connectivity index (χ0n) is 8.47. The van der Waals surface area contributed by atoms with Gasteiger partial charge >= 0.3 is 0 Å². The van der Waals surface area contributed by atoms with E-state index in [9.17, 15) is 0 Å². The molecule has 0 bridgehead atoms. The van der Waals surface area contributed by atoms with Gasteiger partial charge in [-0.25, -0.2) is 0 Å². The van der Waals surface area contributed by atoms with Gasteiger partial charge in [-0.05, 0) is 36.4 Å². The fourth-order valence-corrected chi connectivity index (χ4v) is 1.28. The molecule has 0 amide bonds. The number of para-hydroxylation sites is 1. The molecule has 0 saturated carbocycles. The first-order valence-electron chi connectivity index (χ1n) is 4.82. The average Bonchev–Trinajstić information content (AvgIpc) is 2.33. The van der Waals surface area contributed by atoms with E-state index in [1.807, 2.05) is 42.5 Å². The van der Waals surface area contributed by atoms with E-state index < -0.39 is 0 Å².